The van der Waals surface area contributed by atoms with Gasteiger partial charge in [0.25, 0.3) is 5.91 Å². The molecule has 1 aliphatic rings. The third-order valence-electron chi connectivity index (χ3n) is 3.20. The summed E-state index contributed by atoms with van der Waals surface area (Å²) in [6.07, 6.45) is 1.47. The van der Waals surface area contributed by atoms with Crippen LogP contribution in [0.1, 0.15) is 32.0 Å². The summed E-state index contributed by atoms with van der Waals surface area (Å²) in [6.45, 7) is 2.67. The number of benzene rings is 1. The van der Waals surface area contributed by atoms with Gasteiger partial charge >= 0.3 is 0 Å². The maximum Gasteiger partial charge on any atom is 0.255 e. The molecule has 0 unspecified atom stereocenters. The zero-order valence-electron chi connectivity index (χ0n) is 10.9. The number of rotatable bonds is 2. The fraction of sp³-hybridized carbons (Fsp3) is 0.200. The van der Waals surface area contributed by atoms with Gasteiger partial charge in [-0.05, 0) is 36.8 Å². The molecule has 0 fully saturated rings. The quantitative estimate of drug-likeness (QED) is 0.847. The number of furan rings is 1. The fourth-order valence-corrected chi connectivity index (χ4v) is 2.13. The molecule has 2 aromatic rings. The van der Waals surface area contributed by atoms with Gasteiger partial charge < -0.3 is 14.5 Å². The van der Waals surface area contributed by atoms with Crippen molar-refractivity contribution in [2.75, 3.05) is 13.2 Å². The Morgan fingerprint density at radius 3 is 2.90 bits per heavy atom. The predicted molar refractivity (Wildman–Crippen MR) is 71.1 cm³/mol. The molecule has 0 saturated carbocycles. The van der Waals surface area contributed by atoms with Crippen LogP contribution >= 0.6 is 0 Å². The van der Waals surface area contributed by atoms with Crippen LogP contribution in [0.15, 0.2) is 34.9 Å². The Morgan fingerprint density at radius 1 is 1.30 bits per heavy atom. The van der Waals surface area contributed by atoms with Crippen LogP contribution in [-0.4, -0.2) is 24.8 Å². The Balaban J connectivity index is 2.02. The lowest BCUT2D eigenvalue weighted by Crippen LogP contribution is -2.24. The molecule has 3 rings (SSSR count). The van der Waals surface area contributed by atoms with Gasteiger partial charge in [-0.25, -0.2) is 0 Å². The molecular weight excluding hydrogens is 258 g/mol. The maximum atomic E-state index is 12.3. The summed E-state index contributed by atoms with van der Waals surface area (Å²) in [6, 6.07) is 6.56. The Morgan fingerprint density at radius 2 is 2.15 bits per heavy atom. The SMILES string of the molecule is Cc1ccoc1C(=O)c1ccc2c(c1)C(=O)NCCO2. The molecule has 1 aromatic heterocycles. The molecule has 0 aliphatic carbocycles. The van der Waals surface area contributed by atoms with Gasteiger partial charge in [-0.2, -0.15) is 0 Å². The van der Waals surface area contributed by atoms with E-state index in [1.807, 2.05) is 0 Å². The number of nitrogens with one attached hydrogen (secondary N) is 1. The molecule has 0 radical (unpaired) electrons. The van der Waals surface area contributed by atoms with Crippen molar-refractivity contribution in [1.29, 1.82) is 0 Å². The zero-order chi connectivity index (χ0) is 14.1. The third kappa shape index (κ3) is 2.07. The Labute approximate surface area is 115 Å². The zero-order valence-corrected chi connectivity index (χ0v) is 10.9. The standard InChI is InChI=1S/C15H13NO4/c1-9-4-6-20-14(9)13(17)10-2-3-12-11(8-10)15(18)16-5-7-19-12/h2-4,6,8H,5,7H2,1H3,(H,16,18). The average molecular weight is 271 g/mol. The van der Waals surface area contributed by atoms with Gasteiger partial charge in [0.2, 0.25) is 5.78 Å². The van der Waals surface area contributed by atoms with E-state index in [2.05, 4.69) is 5.32 Å². The van der Waals surface area contributed by atoms with E-state index in [4.69, 9.17) is 9.15 Å². The van der Waals surface area contributed by atoms with E-state index in [0.29, 0.717) is 35.8 Å². The number of hydrogen-bond acceptors (Lipinski definition) is 4. The van der Waals surface area contributed by atoms with Crippen LogP contribution in [0.5, 0.6) is 5.75 Å². The second-order valence-corrected chi connectivity index (χ2v) is 4.58. The number of hydrogen-bond donors (Lipinski definition) is 1. The van der Waals surface area contributed by atoms with Crippen LogP contribution in [0.4, 0.5) is 0 Å². The average Bonchev–Trinajstić information content (AvgIpc) is 2.79. The van der Waals surface area contributed by atoms with Gasteiger partial charge in [0.15, 0.2) is 5.76 Å². The first-order valence-electron chi connectivity index (χ1n) is 6.30. The minimum absolute atomic E-state index is 0.233. The minimum atomic E-state index is -0.243. The number of ketones is 1. The smallest absolute Gasteiger partial charge is 0.255 e. The summed E-state index contributed by atoms with van der Waals surface area (Å²) in [4.78, 5) is 24.2. The molecule has 0 bridgehead atoms. The highest BCUT2D eigenvalue weighted by Crippen LogP contribution is 2.24. The highest BCUT2D eigenvalue weighted by Gasteiger charge is 2.21. The Hall–Kier alpha value is -2.56. The van der Waals surface area contributed by atoms with E-state index in [9.17, 15) is 9.59 Å². The summed E-state index contributed by atoms with van der Waals surface area (Å²) in [7, 11) is 0. The molecule has 0 atom stereocenters. The van der Waals surface area contributed by atoms with Crippen molar-refractivity contribution in [3.05, 3.63) is 53.0 Å². The molecule has 20 heavy (non-hydrogen) atoms. The van der Waals surface area contributed by atoms with E-state index in [0.717, 1.165) is 5.56 Å². The number of fused-ring (bicyclic) bond motifs is 1. The van der Waals surface area contributed by atoms with Crippen molar-refractivity contribution in [2.24, 2.45) is 0 Å². The van der Waals surface area contributed by atoms with Gasteiger partial charge in [0.05, 0.1) is 18.4 Å². The molecule has 5 heteroatoms. The number of aryl methyl sites for hydroxylation is 1. The van der Waals surface area contributed by atoms with Crippen LogP contribution in [0.25, 0.3) is 0 Å². The Bertz CT molecular complexity index is 687. The summed E-state index contributed by atoms with van der Waals surface area (Å²) >= 11 is 0. The van der Waals surface area contributed by atoms with Crippen molar-refractivity contribution in [3.63, 3.8) is 0 Å². The lowest BCUT2D eigenvalue weighted by molar-refractivity contribution is 0.0957. The van der Waals surface area contributed by atoms with Crippen LogP contribution < -0.4 is 10.1 Å². The molecule has 5 nitrogen and oxygen atoms in total. The molecule has 0 saturated heterocycles. The summed E-state index contributed by atoms with van der Waals surface area (Å²) < 4.78 is 10.6. The second-order valence-electron chi connectivity index (χ2n) is 4.58. The molecule has 0 spiro atoms. The second kappa shape index (κ2) is 4.85. The maximum absolute atomic E-state index is 12.3. The molecule has 1 amide bonds. The first-order valence-corrected chi connectivity index (χ1v) is 6.30. The van der Waals surface area contributed by atoms with Crippen LogP contribution in [0, 0.1) is 6.92 Å². The molecule has 1 aliphatic heterocycles. The van der Waals surface area contributed by atoms with Crippen molar-refractivity contribution in [3.8, 4) is 5.75 Å². The van der Waals surface area contributed by atoms with Gasteiger partial charge in [-0.1, -0.05) is 0 Å². The number of carbonyl (C=O) groups is 2. The van der Waals surface area contributed by atoms with E-state index in [1.165, 1.54) is 6.26 Å². The molecular formula is C15H13NO4. The van der Waals surface area contributed by atoms with Crippen molar-refractivity contribution < 1.29 is 18.7 Å². The summed E-state index contributed by atoms with van der Waals surface area (Å²) in [5.41, 5.74) is 1.55. The normalized spacial score (nSPS) is 13.9. The topological polar surface area (TPSA) is 68.5 Å². The minimum Gasteiger partial charge on any atom is -0.491 e. The molecule has 2 heterocycles. The molecule has 1 aromatic carbocycles. The van der Waals surface area contributed by atoms with Crippen LogP contribution in [0.3, 0.4) is 0 Å². The summed E-state index contributed by atoms with van der Waals surface area (Å²) in [5, 5.41) is 2.71. The third-order valence-corrected chi connectivity index (χ3v) is 3.20. The van der Waals surface area contributed by atoms with Crippen LogP contribution in [-0.2, 0) is 0 Å². The predicted octanol–water partition coefficient (Wildman–Crippen LogP) is 1.94. The van der Waals surface area contributed by atoms with Gasteiger partial charge in [-0.3, -0.25) is 9.59 Å². The van der Waals surface area contributed by atoms with Gasteiger partial charge in [0, 0.05) is 5.56 Å². The van der Waals surface area contributed by atoms with E-state index in [-0.39, 0.29) is 11.7 Å². The van der Waals surface area contributed by atoms with Crippen molar-refractivity contribution >= 4 is 11.7 Å². The number of carbonyl (C=O) groups excluding carboxylic acids is 2. The number of ether oxygens (including phenoxy) is 1. The highest BCUT2D eigenvalue weighted by molar-refractivity contribution is 6.09. The van der Waals surface area contributed by atoms with Gasteiger partial charge in [-0.15, -0.1) is 0 Å². The lowest BCUT2D eigenvalue weighted by Gasteiger charge is -2.07. The number of amides is 1. The van der Waals surface area contributed by atoms with Crippen molar-refractivity contribution in [2.45, 2.75) is 6.92 Å². The monoisotopic (exact) mass is 271 g/mol. The van der Waals surface area contributed by atoms with E-state index >= 15 is 0 Å². The van der Waals surface area contributed by atoms with E-state index in [1.54, 1.807) is 31.2 Å². The lowest BCUT2D eigenvalue weighted by atomic mass is 10.0. The van der Waals surface area contributed by atoms with Crippen LogP contribution in [0.2, 0.25) is 0 Å². The largest absolute Gasteiger partial charge is 0.491 e. The fourth-order valence-electron chi connectivity index (χ4n) is 2.13. The molecule has 1 N–H and O–H groups in total. The molecule has 102 valence electrons. The Kier molecular flexibility index (Phi) is 3.02. The first-order chi connectivity index (χ1) is 9.66. The summed E-state index contributed by atoms with van der Waals surface area (Å²) in [5.74, 6) is 0.309. The van der Waals surface area contributed by atoms with E-state index < -0.39 is 0 Å². The van der Waals surface area contributed by atoms with Crippen molar-refractivity contribution in [1.82, 2.24) is 5.32 Å². The van der Waals surface area contributed by atoms with Gasteiger partial charge in [0.1, 0.15) is 12.4 Å². The first kappa shape index (κ1) is 12.5. The highest BCUT2D eigenvalue weighted by atomic mass is 16.5.